The zero-order chi connectivity index (χ0) is 18.6. The molecule has 25 heavy (non-hydrogen) atoms. The first-order chi connectivity index (χ1) is 11.6. The maximum atomic E-state index is 14.0. The van der Waals surface area contributed by atoms with E-state index in [1.165, 1.54) is 31.4 Å². The molecular weight excluding hydrogens is 335 g/mol. The number of alkyl halides is 3. The monoisotopic (exact) mass is 353 g/mol. The van der Waals surface area contributed by atoms with Crippen molar-refractivity contribution < 1.29 is 27.5 Å². The summed E-state index contributed by atoms with van der Waals surface area (Å²) in [5.74, 6) is -2.91. The molecule has 0 N–H and O–H groups in total. The molecule has 4 nitrogen and oxygen atoms in total. The van der Waals surface area contributed by atoms with Crippen molar-refractivity contribution in [2.75, 3.05) is 12.0 Å². The zero-order valence-electron chi connectivity index (χ0n) is 14.1. The minimum absolute atomic E-state index is 0.0530. The number of benzene rings is 1. The summed E-state index contributed by atoms with van der Waals surface area (Å²) >= 11 is 0. The molecule has 2 aliphatic rings. The van der Waals surface area contributed by atoms with Gasteiger partial charge in [0.2, 0.25) is 11.8 Å². The van der Waals surface area contributed by atoms with E-state index < -0.39 is 35.7 Å². The van der Waals surface area contributed by atoms with Crippen LogP contribution in [0.15, 0.2) is 35.4 Å². The predicted molar refractivity (Wildman–Crippen MR) is 85.1 cm³/mol. The van der Waals surface area contributed by atoms with Crippen LogP contribution in [0.2, 0.25) is 0 Å². The van der Waals surface area contributed by atoms with E-state index in [1.54, 1.807) is 13.8 Å². The van der Waals surface area contributed by atoms with Gasteiger partial charge in [-0.05, 0) is 51.0 Å². The average molecular weight is 353 g/mol. The number of allylic oxidation sites excluding steroid dienone is 2. The number of amides is 2. The van der Waals surface area contributed by atoms with Gasteiger partial charge in [-0.1, -0.05) is 11.1 Å². The molecule has 2 atom stereocenters. The van der Waals surface area contributed by atoms with E-state index in [1.807, 2.05) is 0 Å². The van der Waals surface area contributed by atoms with Gasteiger partial charge in [0.1, 0.15) is 5.75 Å². The lowest BCUT2D eigenvalue weighted by Crippen LogP contribution is -2.50. The first kappa shape index (κ1) is 17.5. The molecule has 2 amide bonds. The minimum atomic E-state index is -4.80. The van der Waals surface area contributed by atoms with Gasteiger partial charge in [-0.2, -0.15) is 13.2 Å². The fourth-order valence-electron chi connectivity index (χ4n) is 3.72. The molecule has 0 radical (unpaired) electrons. The van der Waals surface area contributed by atoms with Crippen LogP contribution < -0.4 is 9.64 Å². The molecule has 134 valence electrons. The summed E-state index contributed by atoms with van der Waals surface area (Å²) in [4.78, 5) is 26.3. The molecule has 1 saturated heterocycles. The van der Waals surface area contributed by atoms with Crippen molar-refractivity contribution in [1.82, 2.24) is 0 Å². The van der Waals surface area contributed by atoms with Gasteiger partial charge in [-0.3, -0.25) is 9.59 Å². The molecule has 1 fully saturated rings. The van der Waals surface area contributed by atoms with Gasteiger partial charge in [-0.15, -0.1) is 0 Å². The first-order valence-electron chi connectivity index (χ1n) is 7.88. The smallest absolute Gasteiger partial charge is 0.404 e. The summed E-state index contributed by atoms with van der Waals surface area (Å²) in [6, 6.07) is 5.85. The summed E-state index contributed by atoms with van der Waals surface area (Å²) in [5.41, 5.74) is -1.29. The van der Waals surface area contributed by atoms with E-state index in [9.17, 15) is 22.8 Å². The van der Waals surface area contributed by atoms with Gasteiger partial charge < -0.3 is 4.74 Å². The Morgan fingerprint density at radius 1 is 1.12 bits per heavy atom. The van der Waals surface area contributed by atoms with Crippen LogP contribution in [0.25, 0.3) is 0 Å². The molecule has 0 bridgehead atoms. The van der Waals surface area contributed by atoms with Crippen molar-refractivity contribution in [2.45, 2.75) is 32.9 Å². The van der Waals surface area contributed by atoms with Gasteiger partial charge in [0.15, 0.2) is 5.41 Å². The Balaban J connectivity index is 2.11. The second kappa shape index (κ2) is 5.61. The summed E-state index contributed by atoms with van der Waals surface area (Å²) in [5, 5.41) is 0. The Morgan fingerprint density at radius 3 is 2.24 bits per heavy atom. The maximum Gasteiger partial charge on any atom is 0.404 e. The van der Waals surface area contributed by atoms with Gasteiger partial charge in [0, 0.05) is 0 Å². The Morgan fingerprint density at radius 2 is 1.72 bits per heavy atom. The van der Waals surface area contributed by atoms with Crippen molar-refractivity contribution in [3.05, 3.63) is 35.4 Å². The second-order valence-electron chi connectivity index (χ2n) is 6.64. The lowest BCUT2D eigenvalue weighted by atomic mass is 9.65. The molecule has 1 aromatic rings. The summed E-state index contributed by atoms with van der Waals surface area (Å²) in [6.07, 6.45) is -5.32. The quantitative estimate of drug-likeness (QED) is 0.599. The molecular formula is C18H18F3NO3. The fourth-order valence-corrected chi connectivity index (χ4v) is 3.72. The topological polar surface area (TPSA) is 46.6 Å². The Labute approximate surface area is 143 Å². The fraction of sp³-hybridized carbons (Fsp3) is 0.444. The molecule has 7 heteroatoms. The van der Waals surface area contributed by atoms with Crippen LogP contribution >= 0.6 is 0 Å². The third-order valence-electron chi connectivity index (χ3n) is 5.32. The number of ether oxygens (including phenoxy) is 1. The Hall–Kier alpha value is -2.31. The number of imide groups is 1. The van der Waals surface area contributed by atoms with Crippen LogP contribution in [-0.4, -0.2) is 25.1 Å². The van der Waals surface area contributed by atoms with Crippen molar-refractivity contribution in [3.63, 3.8) is 0 Å². The third kappa shape index (κ3) is 2.36. The summed E-state index contributed by atoms with van der Waals surface area (Å²) in [6.45, 7) is 3.30. The van der Waals surface area contributed by atoms with Crippen LogP contribution in [-0.2, 0) is 9.59 Å². The van der Waals surface area contributed by atoms with Crippen molar-refractivity contribution >= 4 is 17.5 Å². The van der Waals surface area contributed by atoms with Crippen molar-refractivity contribution in [3.8, 4) is 5.75 Å². The summed E-state index contributed by atoms with van der Waals surface area (Å²) in [7, 11) is 1.45. The van der Waals surface area contributed by atoms with Gasteiger partial charge in [0.25, 0.3) is 0 Å². The van der Waals surface area contributed by atoms with Gasteiger partial charge >= 0.3 is 6.18 Å². The number of nitrogens with zero attached hydrogens (tertiary/aromatic N) is 1. The zero-order valence-corrected chi connectivity index (χ0v) is 14.1. The minimum Gasteiger partial charge on any atom is -0.497 e. The molecule has 0 aromatic heterocycles. The van der Waals surface area contributed by atoms with E-state index in [0.717, 1.165) is 5.57 Å². The number of fused-ring (bicyclic) bond motifs is 1. The lowest BCUT2D eigenvalue weighted by molar-refractivity contribution is -0.230. The van der Waals surface area contributed by atoms with E-state index >= 15 is 0 Å². The first-order valence-corrected chi connectivity index (χ1v) is 7.88. The number of hydrogen-bond donors (Lipinski definition) is 0. The van der Waals surface area contributed by atoms with Crippen molar-refractivity contribution in [1.29, 1.82) is 0 Å². The van der Waals surface area contributed by atoms with E-state index in [0.29, 0.717) is 16.2 Å². The van der Waals surface area contributed by atoms with E-state index in [-0.39, 0.29) is 12.1 Å². The number of halogens is 3. The highest BCUT2D eigenvalue weighted by Gasteiger charge is 2.73. The van der Waals surface area contributed by atoms with Crippen LogP contribution in [0.5, 0.6) is 5.75 Å². The van der Waals surface area contributed by atoms with Crippen LogP contribution in [0.3, 0.4) is 0 Å². The highest BCUT2D eigenvalue weighted by Crippen LogP contribution is 2.58. The molecule has 0 spiro atoms. The summed E-state index contributed by atoms with van der Waals surface area (Å²) < 4.78 is 46.9. The van der Waals surface area contributed by atoms with Crippen LogP contribution in [0.4, 0.5) is 18.9 Å². The molecule has 1 aromatic carbocycles. The largest absolute Gasteiger partial charge is 0.497 e. The predicted octanol–water partition coefficient (Wildman–Crippen LogP) is 3.86. The molecule has 1 heterocycles. The highest BCUT2D eigenvalue weighted by molar-refractivity contribution is 6.24. The molecule has 3 rings (SSSR count). The molecule has 0 saturated carbocycles. The highest BCUT2D eigenvalue weighted by atomic mass is 19.4. The number of carbonyl (C=O) groups excluding carboxylic acids is 2. The standard InChI is InChI=1S/C18H18F3NO3/c1-10-8-14-15(23)22(12-4-6-13(25-3)7-5-12)16(24)17(14,9-11(10)2)18(19,20)21/h4-7,14H,8-9H2,1-3H3/t14-,17-/m0/s1. The van der Waals surface area contributed by atoms with Gasteiger partial charge in [0.05, 0.1) is 18.7 Å². The van der Waals surface area contributed by atoms with Crippen molar-refractivity contribution in [2.24, 2.45) is 11.3 Å². The van der Waals surface area contributed by atoms with Crippen LogP contribution in [0.1, 0.15) is 26.7 Å². The second-order valence-corrected chi connectivity index (χ2v) is 6.64. The van der Waals surface area contributed by atoms with E-state index in [2.05, 4.69) is 0 Å². The number of anilines is 1. The number of methoxy groups -OCH3 is 1. The molecule has 1 aliphatic heterocycles. The SMILES string of the molecule is COc1ccc(N2C(=O)[C@@H]3CC(C)=C(C)C[C@@]3(C(F)(F)F)C2=O)cc1. The maximum absolute atomic E-state index is 14.0. The van der Waals surface area contributed by atoms with Crippen LogP contribution in [0, 0.1) is 11.3 Å². The molecule has 0 unspecified atom stereocenters. The van der Waals surface area contributed by atoms with E-state index in [4.69, 9.17) is 4.74 Å². The number of hydrogen-bond acceptors (Lipinski definition) is 3. The Bertz CT molecular complexity index is 767. The lowest BCUT2D eigenvalue weighted by Gasteiger charge is -2.37. The number of carbonyl (C=O) groups is 2. The third-order valence-corrected chi connectivity index (χ3v) is 5.32. The van der Waals surface area contributed by atoms with Gasteiger partial charge in [-0.25, -0.2) is 4.90 Å². The number of rotatable bonds is 2. The normalized spacial score (nSPS) is 27.0. The molecule has 1 aliphatic carbocycles. The Kier molecular flexibility index (Phi) is 3.93. The average Bonchev–Trinajstić information content (AvgIpc) is 2.77.